The molecule has 114 valence electrons. The summed E-state index contributed by atoms with van der Waals surface area (Å²) >= 11 is 3.04. The highest BCUT2D eigenvalue weighted by Gasteiger charge is 2.31. The molecule has 1 aromatic rings. The Labute approximate surface area is 123 Å². The molecule has 0 radical (unpaired) electrons. The molecule has 0 saturated heterocycles. The number of nitrogens with zero attached hydrogens (tertiary/aromatic N) is 1. The second-order valence-corrected chi connectivity index (χ2v) is 6.98. The van der Waals surface area contributed by atoms with Gasteiger partial charge in [-0.15, -0.1) is 0 Å². The van der Waals surface area contributed by atoms with Crippen molar-refractivity contribution in [2.45, 2.75) is 24.1 Å². The van der Waals surface area contributed by atoms with Gasteiger partial charge < -0.3 is 5.11 Å². The quantitative estimate of drug-likeness (QED) is 0.859. The second kappa shape index (κ2) is 6.42. The summed E-state index contributed by atoms with van der Waals surface area (Å²) in [7, 11) is -2.92. The average Bonchev–Trinajstić information content (AvgIpc) is 2.34. The van der Waals surface area contributed by atoms with Gasteiger partial charge in [0.1, 0.15) is 0 Å². The molecule has 0 atom stereocenters. The van der Waals surface area contributed by atoms with Gasteiger partial charge in [-0.05, 0) is 33.6 Å². The van der Waals surface area contributed by atoms with Crippen molar-refractivity contribution in [2.24, 2.45) is 0 Å². The molecule has 0 unspecified atom stereocenters. The predicted octanol–water partition coefficient (Wildman–Crippen LogP) is 2.51. The first-order chi connectivity index (χ1) is 9.08. The van der Waals surface area contributed by atoms with Crippen molar-refractivity contribution >= 4 is 26.0 Å². The van der Waals surface area contributed by atoms with Crippen LogP contribution in [-0.2, 0) is 16.6 Å². The molecular formula is C11H13BrF3NO3S. The monoisotopic (exact) mass is 375 g/mol. The molecule has 0 aliphatic carbocycles. The maximum absolute atomic E-state index is 12.1. The number of aliphatic hydroxyl groups excluding tert-OH is 1. The van der Waals surface area contributed by atoms with E-state index in [1.165, 1.54) is 18.2 Å². The molecule has 1 aromatic carbocycles. The van der Waals surface area contributed by atoms with E-state index < -0.39 is 29.2 Å². The summed E-state index contributed by atoms with van der Waals surface area (Å²) in [6, 6.07) is 4.05. The van der Waals surface area contributed by atoms with Gasteiger partial charge in [-0.25, -0.2) is 12.7 Å². The number of benzene rings is 1. The Morgan fingerprint density at radius 1 is 1.35 bits per heavy atom. The minimum absolute atomic E-state index is 0.139. The molecule has 20 heavy (non-hydrogen) atoms. The number of aliphatic hydroxyl groups is 1. The lowest BCUT2D eigenvalue weighted by Crippen LogP contribution is -2.30. The zero-order chi connectivity index (χ0) is 15.6. The Hall–Kier alpha value is -0.640. The Balaban J connectivity index is 2.98. The van der Waals surface area contributed by atoms with Crippen LogP contribution < -0.4 is 0 Å². The smallest absolute Gasteiger partial charge is 0.390 e. The van der Waals surface area contributed by atoms with E-state index in [4.69, 9.17) is 5.11 Å². The fourth-order valence-electron chi connectivity index (χ4n) is 1.42. The molecule has 4 nitrogen and oxygen atoms in total. The lowest BCUT2D eigenvalue weighted by Gasteiger charge is -2.19. The summed E-state index contributed by atoms with van der Waals surface area (Å²) in [5.74, 6) is 0. The van der Waals surface area contributed by atoms with Gasteiger partial charge in [0.2, 0.25) is 10.0 Å². The van der Waals surface area contributed by atoms with Gasteiger partial charge >= 0.3 is 6.18 Å². The SMILES string of the molecule is CN(CCC(F)(F)F)S(=O)(=O)c1ccc(CO)cc1Br. The first-order valence-electron chi connectivity index (χ1n) is 5.50. The fraction of sp³-hybridized carbons (Fsp3) is 0.455. The number of rotatable bonds is 5. The van der Waals surface area contributed by atoms with Crippen molar-refractivity contribution in [1.82, 2.24) is 4.31 Å². The lowest BCUT2D eigenvalue weighted by molar-refractivity contribution is -0.135. The summed E-state index contributed by atoms with van der Waals surface area (Å²) in [6.07, 6.45) is -5.63. The summed E-state index contributed by atoms with van der Waals surface area (Å²) < 4.78 is 61.5. The maximum atomic E-state index is 12.1. The van der Waals surface area contributed by atoms with E-state index in [0.29, 0.717) is 9.87 Å². The highest BCUT2D eigenvalue weighted by Crippen LogP contribution is 2.27. The Kier molecular flexibility index (Phi) is 5.59. The minimum Gasteiger partial charge on any atom is -0.392 e. The van der Waals surface area contributed by atoms with Gasteiger partial charge in [0, 0.05) is 18.1 Å². The van der Waals surface area contributed by atoms with Crippen LogP contribution in [0.15, 0.2) is 27.6 Å². The van der Waals surface area contributed by atoms with Crippen molar-refractivity contribution in [3.05, 3.63) is 28.2 Å². The summed E-state index contributed by atoms with van der Waals surface area (Å²) in [5, 5.41) is 8.93. The van der Waals surface area contributed by atoms with Crippen LogP contribution >= 0.6 is 15.9 Å². The molecule has 0 fully saturated rings. The third-order valence-electron chi connectivity index (χ3n) is 2.58. The van der Waals surface area contributed by atoms with Gasteiger partial charge in [-0.2, -0.15) is 13.2 Å². The number of halogens is 4. The van der Waals surface area contributed by atoms with Gasteiger partial charge in [0.25, 0.3) is 0 Å². The van der Waals surface area contributed by atoms with Crippen LogP contribution in [0.3, 0.4) is 0 Å². The molecule has 0 aliphatic heterocycles. The molecule has 0 spiro atoms. The number of hydrogen-bond donors (Lipinski definition) is 1. The number of sulfonamides is 1. The Bertz CT molecular complexity index is 575. The molecule has 0 amide bonds. The fourth-order valence-corrected chi connectivity index (χ4v) is 3.68. The Morgan fingerprint density at radius 3 is 2.40 bits per heavy atom. The predicted molar refractivity (Wildman–Crippen MR) is 70.6 cm³/mol. The third-order valence-corrected chi connectivity index (χ3v) is 5.41. The van der Waals surface area contributed by atoms with Crippen LogP contribution in [0.2, 0.25) is 0 Å². The average molecular weight is 376 g/mol. The van der Waals surface area contributed by atoms with Crippen molar-refractivity contribution in [3.63, 3.8) is 0 Å². The molecule has 9 heteroatoms. The first kappa shape index (κ1) is 17.4. The summed E-state index contributed by atoms with van der Waals surface area (Å²) in [6.45, 7) is -0.914. The summed E-state index contributed by atoms with van der Waals surface area (Å²) in [4.78, 5) is -0.139. The minimum atomic E-state index is -4.41. The first-order valence-corrected chi connectivity index (χ1v) is 7.73. The van der Waals surface area contributed by atoms with Crippen molar-refractivity contribution in [3.8, 4) is 0 Å². The molecular weight excluding hydrogens is 363 g/mol. The molecule has 0 aromatic heterocycles. The zero-order valence-corrected chi connectivity index (χ0v) is 12.9. The maximum Gasteiger partial charge on any atom is 0.390 e. The van der Waals surface area contributed by atoms with Gasteiger partial charge in [0.15, 0.2) is 0 Å². The third kappa shape index (κ3) is 4.44. The van der Waals surface area contributed by atoms with E-state index in [1.54, 1.807) is 0 Å². The number of alkyl halides is 3. The van der Waals surface area contributed by atoms with E-state index in [2.05, 4.69) is 15.9 Å². The van der Waals surface area contributed by atoms with E-state index >= 15 is 0 Å². The van der Waals surface area contributed by atoms with Crippen LogP contribution in [0, 0.1) is 0 Å². The lowest BCUT2D eigenvalue weighted by atomic mass is 10.2. The highest BCUT2D eigenvalue weighted by atomic mass is 79.9. The highest BCUT2D eigenvalue weighted by molar-refractivity contribution is 9.10. The van der Waals surface area contributed by atoms with Gasteiger partial charge in [0.05, 0.1) is 17.9 Å². The second-order valence-electron chi connectivity index (χ2n) is 4.11. The van der Waals surface area contributed by atoms with Crippen molar-refractivity contribution < 1.29 is 26.7 Å². The summed E-state index contributed by atoms with van der Waals surface area (Å²) in [5.41, 5.74) is 0.494. The number of hydrogen-bond acceptors (Lipinski definition) is 3. The van der Waals surface area contributed by atoms with Crippen LogP contribution in [0.1, 0.15) is 12.0 Å². The van der Waals surface area contributed by atoms with Crippen LogP contribution in [0.25, 0.3) is 0 Å². The molecule has 1 rings (SSSR count). The Morgan fingerprint density at radius 2 is 1.95 bits per heavy atom. The topological polar surface area (TPSA) is 57.6 Å². The van der Waals surface area contributed by atoms with Crippen molar-refractivity contribution in [1.29, 1.82) is 0 Å². The van der Waals surface area contributed by atoms with Crippen LogP contribution in [0.4, 0.5) is 13.2 Å². The molecule has 0 heterocycles. The van der Waals surface area contributed by atoms with Gasteiger partial charge in [-0.1, -0.05) is 6.07 Å². The van der Waals surface area contributed by atoms with E-state index in [1.807, 2.05) is 0 Å². The largest absolute Gasteiger partial charge is 0.392 e. The normalized spacial score (nSPS) is 12.9. The zero-order valence-electron chi connectivity index (χ0n) is 10.5. The van der Waals surface area contributed by atoms with E-state index in [0.717, 1.165) is 7.05 Å². The molecule has 0 aliphatic rings. The van der Waals surface area contributed by atoms with Gasteiger partial charge in [-0.3, -0.25) is 0 Å². The van der Waals surface area contributed by atoms with Crippen molar-refractivity contribution in [2.75, 3.05) is 13.6 Å². The molecule has 1 N–H and O–H groups in total. The van der Waals surface area contributed by atoms with E-state index in [9.17, 15) is 21.6 Å². The molecule has 0 bridgehead atoms. The molecule has 0 saturated carbocycles. The van der Waals surface area contributed by atoms with E-state index in [-0.39, 0.29) is 16.0 Å². The standard InChI is InChI=1S/C11H13BrF3NO3S/c1-16(5-4-11(13,14)15)20(18,19)10-3-2-8(7-17)6-9(10)12/h2-3,6,17H,4-5,7H2,1H3. The van der Waals surface area contributed by atoms with Crippen LogP contribution in [0.5, 0.6) is 0 Å². The van der Waals surface area contributed by atoms with Crippen LogP contribution in [-0.4, -0.2) is 37.6 Å².